The number of hydrogen-bond acceptors (Lipinski definition) is 5. The van der Waals surface area contributed by atoms with Crippen molar-refractivity contribution in [3.05, 3.63) is 35.4 Å². The van der Waals surface area contributed by atoms with Crippen molar-refractivity contribution in [2.45, 2.75) is 31.3 Å². The van der Waals surface area contributed by atoms with Crippen molar-refractivity contribution in [3.8, 4) is 0 Å². The maximum absolute atomic E-state index is 13.6. The molecule has 25 heavy (non-hydrogen) atoms. The fourth-order valence-corrected chi connectivity index (χ4v) is 4.70. The standard InChI is InChI=1S/C16H17F2NO5S/c17-10-1-4-13(14(18)7-10)16(21)24-8-15(20)19(11-2-3-11)12-5-6-25(22,23)9-12/h1,4,7,11-12H,2-3,5-6,8-9H2/t12-/m1/s1. The molecular weight excluding hydrogens is 356 g/mol. The van der Waals surface area contributed by atoms with E-state index in [0.29, 0.717) is 12.5 Å². The molecule has 136 valence electrons. The van der Waals surface area contributed by atoms with E-state index in [9.17, 15) is 26.8 Å². The van der Waals surface area contributed by atoms with Crippen molar-refractivity contribution in [2.75, 3.05) is 18.1 Å². The maximum atomic E-state index is 13.6. The van der Waals surface area contributed by atoms with Crippen LogP contribution in [0.3, 0.4) is 0 Å². The Morgan fingerprint density at radius 3 is 2.44 bits per heavy atom. The number of hydrogen-bond donors (Lipinski definition) is 0. The van der Waals surface area contributed by atoms with Crippen LogP contribution in [0.5, 0.6) is 0 Å². The van der Waals surface area contributed by atoms with Crippen LogP contribution in [0.2, 0.25) is 0 Å². The van der Waals surface area contributed by atoms with E-state index >= 15 is 0 Å². The minimum absolute atomic E-state index is 0.0351. The summed E-state index contributed by atoms with van der Waals surface area (Å²) in [6, 6.07) is 1.97. The first-order chi connectivity index (χ1) is 11.8. The second-order valence-electron chi connectivity index (χ2n) is 6.29. The smallest absolute Gasteiger partial charge is 0.341 e. The summed E-state index contributed by atoms with van der Waals surface area (Å²) in [5, 5.41) is 0. The van der Waals surface area contributed by atoms with Gasteiger partial charge in [0.05, 0.1) is 17.1 Å². The lowest BCUT2D eigenvalue weighted by Crippen LogP contribution is -2.44. The first-order valence-corrected chi connectivity index (χ1v) is 9.73. The lowest BCUT2D eigenvalue weighted by atomic mass is 10.2. The normalized spacial score (nSPS) is 21.8. The molecule has 2 aliphatic rings. The number of amides is 1. The number of halogens is 2. The molecule has 1 amide bonds. The zero-order valence-corrected chi connectivity index (χ0v) is 14.1. The second-order valence-corrected chi connectivity index (χ2v) is 8.52. The highest BCUT2D eigenvalue weighted by atomic mass is 32.2. The Balaban J connectivity index is 1.63. The van der Waals surface area contributed by atoms with E-state index in [1.54, 1.807) is 0 Å². The second kappa shape index (κ2) is 6.70. The number of carbonyl (C=O) groups excluding carboxylic acids is 2. The number of rotatable bonds is 5. The largest absolute Gasteiger partial charge is 0.452 e. The average Bonchev–Trinajstić information content (AvgIpc) is 3.29. The van der Waals surface area contributed by atoms with Crippen molar-refractivity contribution in [1.29, 1.82) is 0 Å². The zero-order chi connectivity index (χ0) is 18.2. The molecule has 0 unspecified atom stereocenters. The van der Waals surface area contributed by atoms with Gasteiger partial charge in [0.25, 0.3) is 5.91 Å². The van der Waals surface area contributed by atoms with Gasteiger partial charge >= 0.3 is 5.97 Å². The van der Waals surface area contributed by atoms with E-state index in [4.69, 9.17) is 4.74 Å². The molecule has 9 heteroatoms. The lowest BCUT2D eigenvalue weighted by molar-refractivity contribution is -0.137. The molecule has 6 nitrogen and oxygen atoms in total. The van der Waals surface area contributed by atoms with Crippen LogP contribution in [-0.4, -0.2) is 55.4 Å². The first-order valence-electron chi connectivity index (χ1n) is 7.90. The van der Waals surface area contributed by atoms with Crippen molar-refractivity contribution in [3.63, 3.8) is 0 Å². The van der Waals surface area contributed by atoms with Gasteiger partial charge in [-0.1, -0.05) is 0 Å². The van der Waals surface area contributed by atoms with Crippen LogP contribution in [0, 0.1) is 11.6 Å². The Morgan fingerprint density at radius 1 is 1.16 bits per heavy atom. The Hall–Kier alpha value is -2.03. The Bertz CT molecular complexity index is 807. The number of carbonyl (C=O) groups is 2. The SMILES string of the molecule is O=C(OCC(=O)N(C1CC1)[C@@H]1CCS(=O)(=O)C1)c1ccc(F)cc1F. The summed E-state index contributed by atoms with van der Waals surface area (Å²) >= 11 is 0. The molecule has 0 N–H and O–H groups in total. The predicted molar refractivity (Wildman–Crippen MR) is 83.6 cm³/mol. The summed E-state index contributed by atoms with van der Waals surface area (Å²) in [6.07, 6.45) is 1.93. The van der Waals surface area contributed by atoms with Gasteiger partial charge < -0.3 is 9.64 Å². The number of sulfone groups is 1. The van der Waals surface area contributed by atoms with Gasteiger partial charge in [-0.25, -0.2) is 22.0 Å². The highest BCUT2D eigenvalue weighted by Crippen LogP contribution is 2.32. The van der Waals surface area contributed by atoms with Gasteiger partial charge in [0.2, 0.25) is 0 Å². The number of nitrogens with zero attached hydrogens (tertiary/aromatic N) is 1. The van der Waals surface area contributed by atoms with Crippen LogP contribution in [0.25, 0.3) is 0 Å². The third-order valence-electron chi connectivity index (χ3n) is 4.31. The summed E-state index contributed by atoms with van der Waals surface area (Å²) in [4.78, 5) is 25.7. The fourth-order valence-electron chi connectivity index (χ4n) is 2.99. The van der Waals surface area contributed by atoms with E-state index in [0.717, 1.165) is 25.0 Å². The van der Waals surface area contributed by atoms with E-state index in [1.807, 2.05) is 0 Å². The molecule has 3 rings (SSSR count). The number of benzene rings is 1. The molecule has 0 aromatic heterocycles. The van der Waals surface area contributed by atoms with E-state index in [1.165, 1.54) is 4.90 Å². The summed E-state index contributed by atoms with van der Waals surface area (Å²) in [5.41, 5.74) is -0.462. The van der Waals surface area contributed by atoms with Crippen molar-refractivity contribution < 1.29 is 31.5 Å². The fraction of sp³-hybridized carbons (Fsp3) is 0.500. The van der Waals surface area contributed by atoms with Crippen LogP contribution in [0.4, 0.5) is 8.78 Å². The van der Waals surface area contributed by atoms with Crippen molar-refractivity contribution in [1.82, 2.24) is 4.90 Å². The van der Waals surface area contributed by atoms with Crippen LogP contribution in [-0.2, 0) is 19.4 Å². The van der Waals surface area contributed by atoms with Gasteiger partial charge in [0.1, 0.15) is 11.6 Å². The Morgan fingerprint density at radius 2 is 1.88 bits per heavy atom. The molecule has 2 fully saturated rings. The Kier molecular flexibility index (Phi) is 4.77. The average molecular weight is 373 g/mol. The summed E-state index contributed by atoms with van der Waals surface area (Å²) in [6.45, 7) is -0.608. The van der Waals surface area contributed by atoms with E-state index in [2.05, 4.69) is 0 Å². The van der Waals surface area contributed by atoms with Crippen LogP contribution in [0.15, 0.2) is 18.2 Å². The molecule has 1 heterocycles. The summed E-state index contributed by atoms with van der Waals surface area (Å²) < 4.78 is 54.5. The highest BCUT2D eigenvalue weighted by Gasteiger charge is 2.42. The molecule has 0 spiro atoms. The van der Waals surface area contributed by atoms with Gasteiger partial charge in [-0.15, -0.1) is 0 Å². The molecule has 1 aromatic carbocycles. The van der Waals surface area contributed by atoms with Gasteiger partial charge in [0.15, 0.2) is 16.4 Å². The third kappa shape index (κ3) is 4.15. The third-order valence-corrected chi connectivity index (χ3v) is 6.06. The Labute approximate surface area is 143 Å². The van der Waals surface area contributed by atoms with Crippen LogP contribution >= 0.6 is 0 Å². The van der Waals surface area contributed by atoms with Crippen LogP contribution in [0.1, 0.15) is 29.6 Å². The first kappa shape index (κ1) is 17.8. The molecule has 1 aliphatic heterocycles. The van der Waals surface area contributed by atoms with E-state index < -0.39 is 51.6 Å². The minimum atomic E-state index is -3.15. The zero-order valence-electron chi connectivity index (χ0n) is 13.3. The van der Waals surface area contributed by atoms with Gasteiger partial charge in [-0.05, 0) is 31.4 Å². The molecule has 1 aliphatic carbocycles. The van der Waals surface area contributed by atoms with Crippen molar-refractivity contribution >= 4 is 21.7 Å². The monoisotopic (exact) mass is 373 g/mol. The number of esters is 1. The molecular formula is C16H17F2NO5S. The molecule has 1 saturated heterocycles. The summed E-state index contributed by atoms with van der Waals surface area (Å²) in [7, 11) is -3.15. The van der Waals surface area contributed by atoms with E-state index in [-0.39, 0.29) is 17.5 Å². The molecule has 1 aromatic rings. The molecule has 0 radical (unpaired) electrons. The predicted octanol–water partition coefficient (Wildman–Crippen LogP) is 1.30. The molecule has 1 saturated carbocycles. The highest BCUT2D eigenvalue weighted by molar-refractivity contribution is 7.91. The molecule has 0 bridgehead atoms. The quantitative estimate of drug-likeness (QED) is 0.727. The maximum Gasteiger partial charge on any atom is 0.341 e. The van der Waals surface area contributed by atoms with Crippen LogP contribution < -0.4 is 0 Å². The van der Waals surface area contributed by atoms with Gasteiger partial charge in [-0.2, -0.15) is 0 Å². The summed E-state index contributed by atoms with van der Waals surface area (Å²) in [5.74, 6) is -3.52. The van der Waals surface area contributed by atoms with Crippen molar-refractivity contribution in [2.24, 2.45) is 0 Å². The molecule has 1 atom stereocenters. The topological polar surface area (TPSA) is 80.8 Å². The van der Waals surface area contributed by atoms with Gasteiger partial charge in [0, 0.05) is 18.2 Å². The number of ether oxygens (including phenoxy) is 1. The minimum Gasteiger partial charge on any atom is -0.452 e. The lowest BCUT2D eigenvalue weighted by Gasteiger charge is -2.28. The van der Waals surface area contributed by atoms with Gasteiger partial charge in [-0.3, -0.25) is 4.79 Å².